The van der Waals surface area contributed by atoms with Gasteiger partial charge in [0.15, 0.2) is 11.5 Å². The number of carboxylic acids is 1. The van der Waals surface area contributed by atoms with E-state index in [4.69, 9.17) is 35.3 Å². The zero-order valence-electron chi connectivity index (χ0n) is 15.7. The molecule has 3 aromatic rings. The number of aromatic carboxylic acids is 1. The van der Waals surface area contributed by atoms with E-state index in [1.54, 1.807) is 49.7 Å². The summed E-state index contributed by atoms with van der Waals surface area (Å²) in [5.74, 6) is 0.711. The van der Waals surface area contributed by atoms with Gasteiger partial charge in [0, 0.05) is 11.2 Å². The molecule has 0 fully saturated rings. The first-order chi connectivity index (χ1) is 14.0. The molecule has 29 heavy (non-hydrogen) atoms. The molecule has 0 spiro atoms. The highest BCUT2D eigenvalue weighted by molar-refractivity contribution is 6.30. The van der Waals surface area contributed by atoms with Crippen LogP contribution in [0.3, 0.4) is 0 Å². The molecular weight excluding hydrogens is 398 g/mol. The lowest BCUT2D eigenvalue weighted by Crippen LogP contribution is -1.98. The van der Waals surface area contributed by atoms with Gasteiger partial charge in [-0.15, -0.1) is 0 Å². The van der Waals surface area contributed by atoms with Gasteiger partial charge in [-0.2, -0.15) is 0 Å². The van der Waals surface area contributed by atoms with E-state index in [1.807, 2.05) is 6.07 Å². The molecule has 7 nitrogen and oxygen atoms in total. The minimum atomic E-state index is -1.13. The van der Waals surface area contributed by atoms with Crippen LogP contribution in [0, 0.1) is 0 Å². The van der Waals surface area contributed by atoms with E-state index in [9.17, 15) is 4.79 Å². The van der Waals surface area contributed by atoms with Crippen molar-refractivity contribution >= 4 is 29.5 Å². The maximum Gasteiger partial charge on any atom is 0.371 e. The van der Waals surface area contributed by atoms with Crippen molar-refractivity contribution < 1.29 is 28.5 Å². The van der Waals surface area contributed by atoms with Crippen LogP contribution in [0.1, 0.15) is 21.9 Å². The summed E-state index contributed by atoms with van der Waals surface area (Å²) in [6.45, 7) is 0.0663. The lowest BCUT2D eigenvalue weighted by atomic mass is 10.2. The third-order valence-corrected chi connectivity index (χ3v) is 4.16. The molecule has 0 bridgehead atoms. The van der Waals surface area contributed by atoms with Crippen LogP contribution in [0.2, 0.25) is 5.02 Å². The Morgan fingerprint density at radius 3 is 2.52 bits per heavy atom. The van der Waals surface area contributed by atoms with Gasteiger partial charge in [0.25, 0.3) is 0 Å². The normalized spacial score (nSPS) is 10.9. The molecule has 1 heterocycles. The summed E-state index contributed by atoms with van der Waals surface area (Å²) in [4.78, 5) is 15.3. The van der Waals surface area contributed by atoms with Crippen molar-refractivity contribution in [2.24, 2.45) is 4.99 Å². The third-order valence-electron chi connectivity index (χ3n) is 3.92. The lowest BCUT2D eigenvalue weighted by Gasteiger charge is -2.10. The highest BCUT2D eigenvalue weighted by Crippen LogP contribution is 2.31. The molecule has 0 saturated carbocycles. The molecule has 1 aromatic heterocycles. The van der Waals surface area contributed by atoms with Gasteiger partial charge in [0.2, 0.25) is 5.76 Å². The second kappa shape index (κ2) is 9.16. The van der Waals surface area contributed by atoms with E-state index in [2.05, 4.69) is 4.99 Å². The van der Waals surface area contributed by atoms with Crippen LogP contribution >= 0.6 is 11.6 Å². The predicted molar refractivity (Wildman–Crippen MR) is 108 cm³/mol. The summed E-state index contributed by atoms with van der Waals surface area (Å²) in [6, 6.07) is 13.4. The SMILES string of the molecule is COc1ccc(Cl)cc1N=Cc1ccc(OCc2ccc(C(=O)O)o2)c(OC)c1. The summed E-state index contributed by atoms with van der Waals surface area (Å²) in [7, 11) is 3.09. The number of ether oxygens (including phenoxy) is 3. The van der Waals surface area contributed by atoms with E-state index in [1.165, 1.54) is 13.2 Å². The number of aliphatic imine (C=N–C) groups is 1. The van der Waals surface area contributed by atoms with Crippen LogP contribution in [0.15, 0.2) is 57.9 Å². The minimum absolute atomic E-state index is 0.0663. The quantitative estimate of drug-likeness (QED) is 0.522. The molecule has 3 rings (SSSR count). The topological polar surface area (TPSA) is 90.5 Å². The lowest BCUT2D eigenvalue weighted by molar-refractivity contribution is 0.0658. The van der Waals surface area contributed by atoms with Gasteiger partial charge in [-0.1, -0.05) is 11.6 Å². The highest BCUT2D eigenvalue weighted by atomic mass is 35.5. The van der Waals surface area contributed by atoms with Gasteiger partial charge in [0.05, 0.1) is 14.2 Å². The van der Waals surface area contributed by atoms with Crippen molar-refractivity contribution in [2.75, 3.05) is 14.2 Å². The third kappa shape index (κ3) is 5.08. The number of furan rings is 1. The number of hydrogen-bond acceptors (Lipinski definition) is 6. The van der Waals surface area contributed by atoms with Crippen molar-refractivity contribution in [1.29, 1.82) is 0 Å². The Labute approximate surface area is 172 Å². The van der Waals surface area contributed by atoms with E-state index < -0.39 is 5.97 Å². The fraction of sp³-hybridized carbons (Fsp3) is 0.143. The van der Waals surface area contributed by atoms with Crippen LogP contribution in [0.5, 0.6) is 17.2 Å². The maximum absolute atomic E-state index is 10.9. The number of carboxylic acid groups (broad SMARTS) is 1. The van der Waals surface area contributed by atoms with Gasteiger partial charge in [-0.25, -0.2) is 4.79 Å². The molecule has 150 valence electrons. The zero-order chi connectivity index (χ0) is 20.8. The molecular formula is C21H18ClNO6. The summed E-state index contributed by atoms with van der Waals surface area (Å²) < 4.78 is 21.5. The molecule has 8 heteroatoms. The van der Waals surface area contributed by atoms with Crippen molar-refractivity contribution in [3.05, 3.63) is 70.6 Å². The zero-order valence-corrected chi connectivity index (χ0v) is 16.5. The van der Waals surface area contributed by atoms with Crippen LogP contribution in [0.25, 0.3) is 0 Å². The molecule has 0 amide bonds. The maximum atomic E-state index is 10.9. The Kier molecular flexibility index (Phi) is 6.41. The molecule has 0 radical (unpaired) electrons. The first-order valence-corrected chi connectivity index (χ1v) is 8.88. The average Bonchev–Trinajstić information content (AvgIpc) is 3.20. The van der Waals surface area contributed by atoms with E-state index in [0.29, 0.717) is 33.7 Å². The van der Waals surface area contributed by atoms with Gasteiger partial charge in [0.1, 0.15) is 23.8 Å². The van der Waals surface area contributed by atoms with E-state index in [0.717, 1.165) is 5.56 Å². The standard InChI is InChI=1S/C21H18ClNO6/c1-26-17-7-4-14(22)10-16(17)23-11-13-3-6-18(20(9-13)27-2)28-12-15-5-8-19(29-15)21(24)25/h3-11H,12H2,1-2H3,(H,24,25). The Balaban J connectivity index is 1.74. The Morgan fingerprint density at radius 1 is 1.07 bits per heavy atom. The van der Waals surface area contributed by atoms with Crippen molar-refractivity contribution in [2.45, 2.75) is 6.61 Å². The molecule has 0 aliphatic heterocycles. The minimum Gasteiger partial charge on any atom is -0.494 e. The van der Waals surface area contributed by atoms with Gasteiger partial charge < -0.3 is 23.7 Å². The van der Waals surface area contributed by atoms with Crippen molar-refractivity contribution in [3.8, 4) is 17.2 Å². The van der Waals surface area contributed by atoms with Gasteiger partial charge in [-0.05, 0) is 54.1 Å². The van der Waals surface area contributed by atoms with Crippen molar-refractivity contribution in [1.82, 2.24) is 0 Å². The summed E-state index contributed by atoms with van der Waals surface area (Å²) >= 11 is 6.02. The van der Waals surface area contributed by atoms with Crippen LogP contribution in [0.4, 0.5) is 5.69 Å². The van der Waals surface area contributed by atoms with Crippen LogP contribution in [-0.2, 0) is 6.61 Å². The van der Waals surface area contributed by atoms with Crippen LogP contribution in [-0.4, -0.2) is 31.5 Å². The molecule has 1 N–H and O–H groups in total. The molecule has 0 aliphatic carbocycles. The Hall–Kier alpha value is -3.45. The number of rotatable bonds is 8. The molecule has 0 unspecified atom stereocenters. The first-order valence-electron chi connectivity index (χ1n) is 8.50. The average molecular weight is 416 g/mol. The highest BCUT2D eigenvalue weighted by Gasteiger charge is 2.11. The molecule has 0 atom stereocenters. The first kappa shape index (κ1) is 20.3. The smallest absolute Gasteiger partial charge is 0.371 e. The fourth-order valence-corrected chi connectivity index (χ4v) is 2.68. The molecule has 0 aliphatic rings. The second-order valence-corrected chi connectivity index (χ2v) is 6.28. The van der Waals surface area contributed by atoms with Crippen LogP contribution < -0.4 is 14.2 Å². The Morgan fingerprint density at radius 2 is 1.83 bits per heavy atom. The van der Waals surface area contributed by atoms with E-state index >= 15 is 0 Å². The number of benzene rings is 2. The summed E-state index contributed by atoms with van der Waals surface area (Å²) in [5, 5.41) is 9.45. The fourth-order valence-electron chi connectivity index (χ4n) is 2.51. The number of hydrogen-bond donors (Lipinski definition) is 1. The predicted octanol–water partition coefficient (Wildman–Crippen LogP) is 4.98. The van der Waals surface area contributed by atoms with E-state index in [-0.39, 0.29) is 12.4 Å². The largest absolute Gasteiger partial charge is 0.494 e. The van der Waals surface area contributed by atoms with Gasteiger partial charge in [-0.3, -0.25) is 4.99 Å². The molecule has 2 aromatic carbocycles. The van der Waals surface area contributed by atoms with Gasteiger partial charge >= 0.3 is 5.97 Å². The molecule has 0 saturated heterocycles. The number of nitrogens with zero attached hydrogens (tertiary/aromatic N) is 1. The number of carbonyl (C=O) groups is 1. The summed E-state index contributed by atoms with van der Waals surface area (Å²) in [5.41, 5.74) is 1.38. The van der Waals surface area contributed by atoms with Crippen molar-refractivity contribution in [3.63, 3.8) is 0 Å². The monoisotopic (exact) mass is 415 g/mol. The second-order valence-electron chi connectivity index (χ2n) is 5.84. The summed E-state index contributed by atoms with van der Waals surface area (Å²) in [6.07, 6.45) is 1.66. The number of halogens is 1. The number of methoxy groups -OCH3 is 2. The Bertz CT molecular complexity index is 1040.